The Balaban J connectivity index is 3.63. The van der Waals surface area contributed by atoms with Crippen LogP contribution in [0.25, 0.3) is 0 Å². The number of hydrogen-bond acceptors (Lipinski definition) is 3. The van der Waals surface area contributed by atoms with Gasteiger partial charge in [0.1, 0.15) is 0 Å². The first-order valence-corrected chi connectivity index (χ1v) is 14.4. The van der Waals surface area contributed by atoms with E-state index in [0.29, 0.717) is 12.8 Å². The summed E-state index contributed by atoms with van der Waals surface area (Å²) in [5.41, 5.74) is 0. The molecule has 0 spiro atoms. The van der Waals surface area contributed by atoms with Crippen molar-refractivity contribution in [3.63, 3.8) is 0 Å². The minimum atomic E-state index is -0.654. The molecule has 0 saturated carbocycles. The summed E-state index contributed by atoms with van der Waals surface area (Å²) in [5, 5.41) is 22.7. The zero-order valence-electron chi connectivity index (χ0n) is 22.2. The molecule has 4 heteroatoms. The van der Waals surface area contributed by atoms with Crippen molar-refractivity contribution in [1.82, 2.24) is 5.32 Å². The van der Waals surface area contributed by atoms with E-state index >= 15 is 0 Å². The third-order valence-corrected chi connectivity index (χ3v) is 6.53. The third-order valence-electron chi connectivity index (χ3n) is 6.53. The molecule has 0 rings (SSSR count). The summed E-state index contributed by atoms with van der Waals surface area (Å²) >= 11 is 0. The Morgan fingerprint density at radius 2 is 1.15 bits per heavy atom. The molecule has 0 fully saturated rings. The van der Waals surface area contributed by atoms with Gasteiger partial charge >= 0.3 is 0 Å². The monoisotopic (exact) mass is 467 g/mol. The van der Waals surface area contributed by atoms with Gasteiger partial charge in [-0.05, 0) is 38.5 Å². The second kappa shape index (κ2) is 25.7. The number of carbonyl (C=O) groups excluding carboxylic acids is 1. The maximum absolute atomic E-state index is 12.2. The van der Waals surface area contributed by atoms with Crippen molar-refractivity contribution in [2.45, 2.75) is 161 Å². The van der Waals surface area contributed by atoms with Crippen molar-refractivity contribution in [2.24, 2.45) is 0 Å². The van der Waals surface area contributed by atoms with Crippen molar-refractivity contribution < 1.29 is 15.0 Å². The van der Waals surface area contributed by atoms with Crippen LogP contribution in [0.2, 0.25) is 0 Å². The quantitative estimate of drug-likeness (QED) is 0.0955. The van der Waals surface area contributed by atoms with Gasteiger partial charge in [0.25, 0.3) is 0 Å². The fourth-order valence-corrected chi connectivity index (χ4v) is 4.23. The second-order valence-electron chi connectivity index (χ2n) is 9.81. The molecule has 0 saturated heterocycles. The number of aliphatic hydroxyl groups is 2. The van der Waals surface area contributed by atoms with Gasteiger partial charge in [0.15, 0.2) is 0 Å². The Morgan fingerprint density at radius 1 is 0.697 bits per heavy atom. The molecule has 4 nitrogen and oxygen atoms in total. The molecular formula is C29H57NO3. The smallest absolute Gasteiger partial charge is 0.220 e. The molecule has 2 atom stereocenters. The van der Waals surface area contributed by atoms with Gasteiger partial charge in [-0.3, -0.25) is 4.79 Å². The lowest BCUT2D eigenvalue weighted by atomic mass is 10.0. The fourth-order valence-electron chi connectivity index (χ4n) is 4.23. The van der Waals surface area contributed by atoms with E-state index in [2.05, 4.69) is 31.3 Å². The summed E-state index contributed by atoms with van der Waals surface area (Å²) in [4.78, 5) is 12.2. The molecule has 0 aliphatic carbocycles. The number of unbranched alkanes of at least 4 members (excludes halogenated alkanes) is 16. The first-order valence-electron chi connectivity index (χ1n) is 14.4. The van der Waals surface area contributed by atoms with Crippen molar-refractivity contribution >= 4 is 5.91 Å². The van der Waals surface area contributed by atoms with Crippen LogP contribution in [0.1, 0.15) is 149 Å². The van der Waals surface area contributed by atoms with Gasteiger partial charge < -0.3 is 15.5 Å². The molecule has 0 aliphatic heterocycles. The maximum Gasteiger partial charge on any atom is 0.220 e. The summed E-state index contributed by atoms with van der Waals surface area (Å²) in [6, 6.07) is -0.532. The number of hydrogen-bond donors (Lipinski definition) is 3. The fraction of sp³-hybridized carbons (Fsp3) is 0.897. The van der Waals surface area contributed by atoms with Crippen LogP contribution in [-0.4, -0.2) is 34.9 Å². The molecule has 0 aromatic heterocycles. The normalized spacial score (nSPS) is 13.5. The van der Waals surface area contributed by atoms with Crippen molar-refractivity contribution in [2.75, 3.05) is 6.61 Å². The number of nitrogens with one attached hydrogen (secondary N) is 1. The highest BCUT2D eigenvalue weighted by Gasteiger charge is 2.19. The number of amides is 1. The van der Waals surface area contributed by atoms with Crippen molar-refractivity contribution in [1.29, 1.82) is 0 Å². The van der Waals surface area contributed by atoms with Crippen LogP contribution in [0.3, 0.4) is 0 Å². The van der Waals surface area contributed by atoms with Gasteiger partial charge in [-0.2, -0.15) is 0 Å². The molecule has 196 valence electrons. The van der Waals surface area contributed by atoms with Crippen LogP contribution in [0.15, 0.2) is 12.2 Å². The second-order valence-corrected chi connectivity index (χ2v) is 9.81. The number of rotatable bonds is 25. The topological polar surface area (TPSA) is 69.6 Å². The first-order chi connectivity index (χ1) is 16.2. The summed E-state index contributed by atoms with van der Waals surface area (Å²) in [7, 11) is 0. The highest BCUT2D eigenvalue weighted by Crippen LogP contribution is 2.13. The van der Waals surface area contributed by atoms with Gasteiger partial charge in [-0.1, -0.05) is 116 Å². The van der Waals surface area contributed by atoms with Crippen molar-refractivity contribution in [3.05, 3.63) is 12.2 Å². The van der Waals surface area contributed by atoms with Crippen molar-refractivity contribution in [3.8, 4) is 0 Å². The highest BCUT2D eigenvalue weighted by atomic mass is 16.3. The van der Waals surface area contributed by atoms with E-state index < -0.39 is 12.1 Å². The Morgan fingerprint density at radius 3 is 1.70 bits per heavy atom. The summed E-state index contributed by atoms with van der Waals surface area (Å²) in [5.74, 6) is -0.0463. The van der Waals surface area contributed by atoms with Gasteiger partial charge in [0.2, 0.25) is 5.91 Å². The Kier molecular flexibility index (Phi) is 25.1. The average Bonchev–Trinajstić information content (AvgIpc) is 2.82. The number of allylic oxidation sites excluding steroid dienone is 2. The molecule has 3 N–H and O–H groups in total. The molecular weight excluding hydrogens is 410 g/mol. The molecule has 0 heterocycles. The molecule has 0 bridgehead atoms. The van der Waals surface area contributed by atoms with E-state index in [1.807, 2.05) is 0 Å². The van der Waals surface area contributed by atoms with Crippen LogP contribution >= 0.6 is 0 Å². The van der Waals surface area contributed by atoms with Gasteiger partial charge in [-0.15, -0.1) is 0 Å². The van der Waals surface area contributed by atoms with Crippen LogP contribution in [0, 0.1) is 0 Å². The Hall–Kier alpha value is -0.870. The lowest BCUT2D eigenvalue weighted by Crippen LogP contribution is -2.45. The van der Waals surface area contributed by atoms with E-state index in [9.17, 15) is 15.0 Å². The average molecular weight is 468 g/mol. The van der Waals surface area contributed by atoms with Gasteiger partial charge in [-0.25, -0.2) is 0 Å². The predicted molar refractivity (Wildman–Crippen MR) is 142 cm³/mol. The molecule has 0 radical (unpaired) electrons. The predicted octanol–water partition coefficient (Wildman–Crippen LogP) is 7.61. The summed E-state index contributed by atoms with van der Waals surface area (Å²) in [6.07, 6.45) is 28.2. The number of carbonyl (C=O) groups is 1. The maximum atomic E-state index is 12.2. The summed E-state index contributed by atoms with van der Waals surface area (Å²) < 4.78 is 0. The van der Waals surface area contributed by atoms with Gasteiger partial charge in [0, 0.05) is 6.42 Å². The number of aliphatic hydroxyl groups excluding tert-OH is 2. The SMILES string of the molecule is CCCCCC/C=C\CCCCCCCC(=O)NC(CO)C(O)CCCCCCCCCC. The van der Waals surface area contributed by atoms with Crippen LogP contribution in [-0.2, 0) is 4.79 Å². The van der Waals surface area contributed by atoms with Gasteiger partial charge in [0.05, 0.1) is 18.8 Å². The van der Waals surface area contributed by atoms with E-state index in [-0.39, 0.29) is 12.5 Å². The highest BCUT2D eigenvalue weighted by molar-refractivity contribution is 5.76. The van der Waals surface area contributed by atoms with E-state index in [4.69, 9.17) is 0 Å². The van der Waals surface area contributed by atoms with Crippen LogP contribution < -0.4 is 5.32 Å². The van der Waals surface area contributed by atoms with E-state index in [1.165, 1.54) is 96.3 Å². The lowest BCUT2D eigenvalue weighted by Gasteiger charge is -2.22. The Labute approximate surface area is 206 Å². The van der Waals surface area contributed by atoms with Crippen LogP contribution in [0.5, 0.6) is 0 Å². The van der Waals surface area contributed by atoms with E-state index in [0.717, 1.165) is 25.7 Å². The Bertz CT molecular complexity index is 439. The zero-order valence-corrected chi connectivity index (χ0v) is 22.2. The lowest BCUT2D eigenvalue weighted by molar-refractivity contribution is -0.123. The van der Waals surface area contributed by atoms with Crippen LogP contribution in [0.4, 0.5) is 0 Å². The molecule has 0 aliphatic rings. The molecule has 33 heavy (non-hydrogen) atoms. The zero-order chi connectivity index (χ0) is 24.4. The molecule has 0 aromatic carbocycles. The minimum Gasteiger partial charge on any atom is -0.394 e. The standard InChI is InChI=1S/C29H57NO3/c1-3-5-7-9-11-13-14-15-16-17-19-21-23-25-29(33)30-27(26-31)28(32)24-22-20-18-12-10-8-6-4-2/h13-14,27-28,31-32H,3-12,15-26H2,1-2H3,(H,30,33)/b14-13-. The first kappa shape index (κ1) is 32.1. The molecule has 2 unspecified atom stereocenters. The molecule has 0 aromatic rings. The minimum absolute atomic E-state index is 0.0463. The summed E-state index contributed by atoms with van der Waals surface area (Å²) in [6.45, 7) is 4.28. The third kappa shape index (κ3) is 22.7. The largest absolute Gasteiger partial charge is 0.394 e. The molecule has 1 amide bonds. The van der Waals surface area contributed by atoms with E-state index in [1.54, 1.807) is 0 Å².